The molecular formula is C10H13NO4. The summed E-state index contributed by atoms with van der Waals surface area (Å²) in [5.74, 6) is -0.960. The second-order valence-electron chi connectivity index (χ2n) is 3.03. The van der Waals surface area contributed by atoms with Crippen LogP contribution in [0.5, 0.6) is 11.5 Å². The Morgan fingerprint density at radius 2 is 2.20 bits per heavy atom. The van der Waals surface area contributed by atoms with E-state index >= 15 is 0 Å². The number of carboxylic acid groups (broad SMARTS) is 1. The molecule has 0 heterocycles. The molecule has 5 heteroatoms. The van der Waals surface area contributed by atoms with Crippen LogP contribution in [0.4, 0.5) is 0 Å². The van der Waals surface area contributed by atoms with Gasteiger partial charge in [-0.25, -0.2) is 4.79 Å². The number of nitrogens with two attached hydrogens (primary N) is 1. The van der Waals surface area contributed by atoms with Gasteiger partial charge in [-0.3, -0.25) is 0 Å². The molecule has 0 aliphatic heterocycles. The van der Waals surface area contributed by atoms with E-state index in [-0.39, 0.29) is 17.1 Å². The summed E-state index contributed by atoms with van der Waals surface area (Å²) in [4.78, 5) is 10.8. The highest BCUT2D eigenvalue weighted by Gasteiger charge is 2.13. The molecule has 0 radical (unpaired) electrons. The van der Waals surface area contributed by atoms with Crippen LogP contribution in [0.15, 0.2) is 12.1 Å². The maximum Gasteiger partial charge on any atom is 0.335 e. The van der Waals surface area contributed by atoms with Gasteiger partial charge in [0.2, 0.25) is 0 Å². The first-order chi connectivity index (χ1) is 7.10. The molecule has 0 amide bonds. The van der Waals surface area contributed by atoms with Crippen molar-refractivity contribution in [2.45, 2.75) is 6.42 Å². The minimum atomic E-state index is -1.06. The molecule has 0 aliphatic carbocycles. The van der Waals surface area contributed by atoms with Gasteiger partial charge < -0.3 is 20.7 Å². The first-order valence-corrected chi connectivity index (χ1v) is 4.43. The van der Waals surface area contributed by atoms with Gasteiger partial charge in [0.25, 0.3) is 0 Å². The van der Waals surface area contributed by atoms with Crippen LogP contribution in [0, 0.1) is 0 Å². The summed E-state index contributed by atoms with van der Waals surface area (Å²) >= 11 is 0. The van der Waals surface area contributed by atoms with Crippen LogP contribution in [0.3, 0.4) is 0 Å². The third kappa shape index (κ3) is 2.38. The molecule has 0 fully saturated rings. The van der Waals surface area contributed by atoms with Gasteiger partial charge in [-0.1, -0.05) is 0 Å². The Labute approximate surface area is 87.1 Å². The van der Waals surface area contributed by atoms with Crippen LogP contribution < -0.4 is 10.5 Å². The van der Waals surface area contributed by atoms with E-state index in [0.29, 0.717) is 18.5 Å². The lowest BCUT2D eigenvalue weighted by Gasteiger charge is -2.09. The van der Waals surface area contributed by atoms with Crippen molar-refractivity contribution in [3.8, 4) is 11.5 Å². The molecule has 82 valence electrons. The summed E-state index contributed by atoms with van der Waals surface area (Å²) in [6.07, 6.45) is 0.406. The maximum absolute atomic E-state index is 10.8. The zero-order valence-electron chi connectivity index (χ0n) is 8.36. The summed E-state index contributed by atoms with van der Waals surface area (Å²) in [6.45, 7) is 0.333. The first kappa shape index (κ1) is 11.3. The average Bonchev–Trinajstić information content (AvgIpc) is 2.21. The van der Waals surface area contributed by atoms with Crippen LogP contribution >= 0.6 is 0 Å². The Bertz CT molecular complexity index is 376. The zero-order valence-corrected chi connectivity index (χ0v) is 8.36. The van der Waals surface area contributed by atoms with E-state index in [1.165, 1.54) is 19.2 Å². The maximum atomic E-state index is 10.8. The number of hydrogen-bond donors (Lipinski definition) is 3. The molecule has 5 nitrogen and oxygen atoms in total. The number of carbonyl (C=O) groups is 1. The van der Waals surface area contributed by atoms with Gasteiger partial charge in [0, 0.05) is 0 Å². The van der Waals surface area contributed by atoms with Crippen molar-refractivity contribution in [3.05, 3.63) is 23.3 Å². The van der Waals surface area contributed by atoms with Gasteiger partial charge in [0.05, 0.1) is 12.7 Å². The van der Waals surface area contributed by atoms with Gasteiger partial charge in [-0.05, 0) is 30.7 Å². The molecule has 4 N–H and O–H groups in total. The van der Waals surface area contributed by atoms with Gasteiger partial charge in [0.15, 0.2) is 11.5 Å². The van der Waals surface area contributed by atoms with Crippen molar-refractivity contribution < 1.29 is 19.7 Å². The van der Waals surface area contributed by atoms with E-state index in [1.54, 1.807) is 0 Å². The standard InChI is InChI=1S/C10H13NO4/c1-15-8-5-7(10(13)14)4-6(2-3-11)9(8)12/h4-5,12H,2-3,11H2,1H3,(H,13,14). The largest absolute Gasteiger partial charge is 0.504 e. The Hall–Kier alpha value is -1.75. The van der Waals surface area contributed by atoms with Crippen LogP contribution in [-0.2, 0) is 6.42 Å². The normalized spacial score (nSPS) is 10.0. The van der Waals surface area contributed by atoms with Crippen LogP contribution in [0.25, 0.3) is 0 Å². The van der Waals surface area contributed by atoms with Crippen molar-refractivity contribution in [2.24, 2.45) is 5.73 Å². The van der Waals surface area contributed by atoms with E-state index in [9.17, 15) is 9.90 Å². The van der Waals surface area contributed by atoms with Gasteiger partial charge in [0.1, 0.15) is 0 Å². The highest BCUT2D eigenvalue weighted by molar-refractivity contribution is 5.89. The second-order valence-corrected chi connectivity index (χ2v) is 3.03. The fourth-order valence-corrected chi connectivity index (χ4v) is 1.29. The van der Waals surface area contributed by atoms with Crippen molar-refractivity contribution in [1.29, 1.82) is 0 Å². The lowest BCUT2D eigenvalue weighted by Crippen LogP contribution is -2.05. The molecule has 1 aromatic carbocycles. The van der Waals surface area contributed by atoms with E-state index in [4.69, 9.17) is 15.6 Å². The van der Waals surface area contributed by atoms with Crippen molar-refractivity contribution in [3.63, 3.8) is 0 Å². The fraction of sp³-hybridized carbons (Fsp3) is 0.300. The van der Waals surface area contributed by atoms with E-state index in [2.05, 4.69) is 0 Å². The van der Waals surface area contributed by atoms with Crippen LogP contribution in [0.1, 0.15) is 15.9 Å². The molecule has 15 heavy (non-hydrogen) atoms. The number of carboxylic acids is 1. The van der Waals surface area contributed by atoms with Gasteiger partial charge >= 0.3 is 5.97 Å². The highest BCUT2D eigenvalue weighted by Crippen LogP contribution is 2.31. The Kier molecular flexibility index (Phi) is 3.51. The number of rotatable bonds is 4. The number of aromatic hydroxyl groups is 1. The minimum Gasteiger partial charge on any atom is -0.504 e. The molecule has 0 saturated heterocycles. The summed E-state index contributed by atoms with van der Waals surface area (Å²) in [7, 11) is 1.37. The van der Waals surface area contributed by atoms with Crippen molar-refractivity contribution >= 4 is 5.97 Å². The van der Waals surface area contributed by atoms with E-state index < -0.39 is 5.97 Å². The quantitative estimate of drug-likeness (QED) is 0.678. The first-order valence-electron chi connectivity index (χ1n) is 4.43. The predicted octanol–water partition coefficient (Wildman–Crippen LogP) is 0.600. The molecule has 1 rings (SSSR count). The third-order valence-electron chi connectivity index (χ3n) is 2.03. The molecule has 0 aliphatic rings. The Morgan fingerprint density at radius 3 is 2.67 bits per heavy atom. The van der Waals surface area contributed by atoms with Gasteiger partial charge in [-0.15, -0.1) is 0 Å². The highest BCUT2D eigenvalue weighted by atomic mass is 16.5. The average molecular weight is 211 g/mol. The molecular weight excluding hydrogens is 198 g/mol. The molecule has 0 bridgehead atoms. The molecule has 0 saturated carbocycles. The SMILES string of the molecule is COc1cc(C(=O)O)cc(CCN)c1O. The molecule has 1 aromatic rings. The topological polar surface area (TPSA) is 92.8 Å². The number of ether oxygens (including phenoxy) is 1. The summed E-state index contributed by atoms with van der Waals surface area (Å²) < 4.78 is 4.87. The zero-order chi connectivity index (χ0) is 11.4. The molecule has 0 unspecified atom stereocenters. The fourth-order valence-electron chi connectivity index (χ4n) is 1.29. The predicted molar refractivity (Wildman–Crippen MR) is 54.4 cm³/mol. The monoisotopic (exact) mass is 211 g/mol. The molecule has 0 aromatic heterocycles. The minimum absolute atomic E-state index is 0.0482. The number of benzene rings is 1. The van der Waals surface area contributed by atoms with Crippen molar-refractivity contribution in [2.75, 3.05) is 13.7 Å². The third-order valence-corrected chi connectivity index (χ3v) is 2.03. The second kappa shape index (κ2) is 4.65. The smallest absolute Gasteiger partial charge is 0.335 e. The summed E-state index contributed by atoms with van der Waals surface area (Å²) in [6, 6.07) is 2.67. The molecule has 0 atom stereocenters. The van der Waals surface area contributed by atoms with Crippen molar-refractivity contribution in [1.82, 2.24) is 0 Å². The number of hydrogen-bond acceptors (Lipinski definition) is 4. The number of methoxy groups -OCH3 is 1. The van der Waals surface area contributed by atoms with Gasteiger partial charge in [-0.2, -0.15) is 0 Å². The number of phenolic OH excluding ortho intramolecular Hbond substituents is 1. The lowest BCUT2D eigenvalue weighted by atomic mass is 10.1. The van der Waals surface area contributed by atoms with E-state index in [0.717, 1.165) is 0 Å². The van der Waals surface area contributed by atoms with Crippen LogP contribution in [-0.4, -0.2) is 29.8 Å². The Morgan fingerprint density at radius 1 is 1.53 bits per heavy atom. The number of aromatic carboxylic acids is 1. The summed E-state index contributed by atoms with van der Waals surface area (Å²) in [5.41, 5.74) is 5.91. The number of phenols is 1. The summed E-state index contributed by atoms with van der Waals surface area (Å²) in [5, 5.41) is 18.5. The molecule has 0 spiro atoms. The Balaban J connectivity index is 3.25. The van der Waals surface area contributed by atoms with E-state index in [1.807, 2.05) is 0 Å². The lowest BCUT2D eigenvalue weighted by molar-refractivity contribution is 0.0696. The van der Waals surface area contributed by atoms with Crippen LogP contribution in [0.2, 0.25) is 0 Å².